The summed E-state index contributed by atoms with van der Waals surface area (Å²) in [5, 5.41) is 29.5. The van der Waals surface area contributed by atoms with Crippen molar-refractivity contribution in [1.82, 2.24) is 20.6 Å². The zero-order valence-corrected chi connectivity index (χ0v) is 19.1. The fourth-order valence-corrected chi connectivity index (χ4v) is 4.62. The number of aliphatic imine (C=N–C) groups is 1. The Bertz CT molecular complexity index is 1270. The fraction of sp³-hybridized carbons (Fsp3) is 0.333. The van der Waals surface area contributed by atoms with Crippen LogP contribution in [0.25, 0.3) is 0 Å². The first-order valence-corrected chi connectivity index (χ1v) is 11.4. The Labute approximate surface area is 196 Å². The highest BCUT2D eigenvalue weighted by Crippen LogP contribution is 2.44. The molecular formula is C24H26N8O2. The summed E-state index contributed by atoms with van der Waals surface area (Å²) in [5.41, 5.74) is 7.09. The van der Waals surface area contributed by atoms with Crippen LogP contribution in [-0.2, 0) is 4.79 Å². The number of nitrogens with zero attached hydrogens (tertiary/aromatic N) is 6. The molecule has 174 valence electrons. The number of amidine groups is 1. The van der Waals surface area contributed by atoms with Gasteiger partial charge in [0.2, 0.25) is 5.84 Å². The van der Waals surface area contributed by atoms with E-state index in [1.54, 1.807) is 6.07 Å². The normalized spacial score (nSPS) is 21.4. The van der Waals surface area contributed by atoms with Crippen LogP contribution in [0.15, 0.2) is 46.5 Å². The molecule has 10 heteroatoms. The molecule has 1 aromatic heterocycles. The Hall–Kier alpha value is -4.08. The minimum atomic E-state index is -0.331. The zero-order valence-electron chi connectivity index (χ0n) is 19.1. The molecule has 1 aliphatic carbocycles. The number of aryl methyl sites for hydroxylation is 2. The average molecular weight is 459 g/mol. The van der Waals surface area contributed by atoms with Crippen molar-refractivity contribution in [2.75, 3.05) is 10.3 Å². The number of hydrazone groups is 1. The predicted molar refractivity (Wildman–Crippen MR) is 129 cm³/mol. The molecule has 5 rings (SSSR count). The third-order valence-electron chi connectivity index (χ3n) is 6.69. The van der Waals surface area contributed by atoms with Crippen LogP contribution in [0.2, 0.25) is 0 Å². The molecule has 0 spiro atoms. The molecule has 1 saturated carbocycles. The number of phenols is 1. The van der Waals surface area contributed by atoms with Crippen LogP contribution in [0.5, 0.6) is 5.75 Å². The number of anilines is 2. The lowest BCUT2D eigenvalue weighted by atomic mass is 9.77. The number of hydrogen-bond acceptors (Lipinski definition) is 7. The standard InChI is InChI=1S/C24H26N8O2/c1-14-9-10-18(11-15(14)2)32-13-25-23(24(32)34)27-26-20-8-4-7-19(21(20)33)16-5-3-6-17(12-16)22-28-30-31-29-22/h4,7-11,13,16-17,26,33H,3,5-6,12H2,1-2H3,(H,28,29,30,31). The van der Waals surface area contributed by atoms with Crippen molar-refractivity contribution in [3.63, 3.8) is 0 Å². The number of H-pyrrole nitrogens is 1. The number of carbonyl (C=O) groups excluding carboxylic acids is 1. The third kappa shape index (κ3) is 4.14. The van der Waals surface area contributed by atoms with Gasteiger partial charge in [0.05, 0.1) is 11.4 Å². The quantitative estimate of drug-likeness (QED) is 0.394. The summed E-state index contributed by atoms with van der Waals surface area (Å²) >= 11 is 0. The van der Waals surface area contributed by atoms with E-state index >= 15 is 0 Å². The molecule has 1 fully saturated rings. The van der Waals surface area contributed by atoms with Gasteiger partial charge in [-0.3, -0.25) is 15.1 Å². The number of aromatic amines is 1. The lowest BCUT2D eigenvalue weighted by molar-refractivity contribution is -0.111. The van der Waals surface area contributed by atoms with Crippen LogP contribution in [0, 0.1) is 13.8 Å². The predicted octanol–water partition coefficient (Wildman–Crippen LogP) is 3.76. The number of aromatic nitrogens is 4. The first kappa shape index (κ1) is 21.7. The van der Waals surface area contributed by atoms with Crippen molar-refractivity contribution >= 4 is 29.5 Å². The number of nitrogens with one attached hydrogen (secondary N) is 2. The van der Waals surface area contributed by atoms with Crippen molar-refractivity contribution in [3.8, 4) is 5.75 Å². The molecule has 34 heavy (non-hydrogen) atoms. The molecule has 2 aromatic carbocycles. The Morgan fingerprint density at radius 1 is 1.15 bits per heavy atom. The van der Waals surface area contributed by atoms with Crippen molar-refractivity contribution in [2.45, 2.75) is 51.4 Å². The van der Waals surface area contributed by atoms with E-state index in [4.69, 9.17) is 0 Å². The van der Waals surface area contributed by atoms with Gasteiger partial charge in [0.25, 0.3) is 0 Å². The number of aromatic hydroxyl groups is 1. The highest BCUT2D eigenvalue weighted by atomic mass is 16.3. The van der Waals surface area contributed by atoms with Crippen LogP contribution in [0.4, 0.5) is 11.4 Å². The van der Waals surface area contributed by atoms with Crippen LogP contribution >= 0.6 is 0 Å². The van der Waals surface area contributed by atoms with Crippen molar-refractivity contribution in [1.29, 1.82) is 0 Å². The number of benzene rings is 2. The second-order valence-corrected chi connectivity index (χ2v) is 8.83. The van der Waals surface area contributed by atoms with Gasteiger partial charge in [0.1, 0.15) is 12.1 Å². The van der Waals surface area contributed by atoms with Crippen molar-refractivity contribution in [2.24, 2.45) is 10.1 Å². The fourth-order valence-electron chi connectivity index (χ4n) is 4.62. The molecule has 2 atom stereocenters. The number of hydrogen-bond donors (Lipinski definition) is 3. The summed E-state index contributed by atoms with van der Waals surface area (Å²) in [6.07, 6.45) is 5.31. The van der Waals surface area contributed by atoms with Crippen LogP contribution in [-0.4, -0.2) is 43.8 Å². The molecule has 1 amide bonds. The zero-order chi connectivity index (χ0) is 23.7. The highest BCUT2D eigenvalue weighted by Gasteiger charge is 2.29. The molecule has 0 radical (unpaired) electrons. The Balaban J connectivity index is 1.31. The summed E-state index contributed by atoms with van der Waals surface area (Å²) < 4.78 is 0. The van der Waals surface area contributed by atoms with Gasteiger partial charge in [-0.25, -0.2) is 10.1 Å². The van der Waals surface area contributed by atoms with Gasteiger partial charge in [0, 0.05) is 5.92 Å². The molecule has 2 unspecified atom stereocenters. The number of tetrazole rings is 1. The minimum absolute atomic E-state index is 0.0265. The lowest BCUT2D eigenvalue weighted by Crippen LogP contribution is -2.28. The maximum atomic E-state index is 12.8. The Kier molecular flexibility index (Phi) is 5.79. The van der Waals surface area contributed by atoms with Gasteiger partial charge >= 0.3 is 5.91 Å². The Morgan fingerprint density at radius 2 is 2.00 bits per heavy atom. The smallest absolute Gasteiger partial charge is 0.303 e. The van der Waals surface area contributed by atoms with Gasteiger partial charge in [-0.05, 0) is 84.3 Å². The van der Waals surface area contributed by atoms with Gasteiger partial charge in [-0.15, -0.1) is 10.2 Å². The summed E-state index contributed by atoms with van der Waals surface area (Å²) in [7, 11) is 0. The second kappa shape index (κ2) is 9.05. The van der Waals surface area contributed by atoms with Gasteiger partial charge < -0.3 is 5.11 Å². The molecule has 2 aliphatic rings. The molecule has 3 N–H and O–H groups in total. The number of phenolic OH excluding ortho intramolecular Hbond substituents is 1. The van der Waals surface area contributed by atoms with E-state index in [0.717, 1.165) is 53.9 Å². The molecule has 10 nitrogen and oxygen atoms in total. The Morgan fingerprint density at radius 3 is 2.79 bits per heavy atom. The molecule has 0 bridgehead atoms. The molecular weight excluding hydrogens is 432 g/mol. The minimum Gasteiger partial charge on any atom is -0.505 e. The summed E-state index contributed by atoms with van der Waals surface area (Å²) in [6.45, 7) is 4.02. The van der Waals surface area contributed by atoms with E-state index in [2.05, 4.69) is 36.1 Å². The number of para-hydroxylation sites is 1. The summed E-state index contributed by atoms with van der Waals surface area (Å²) in [5.74, 6) is 1.02. The maximum Gasteiger partial charge on any atom is 0.303 e. The highest BCUT2D eigenvalue weighted by molar-refractivity contribution is 6.51. The van der Waals surface area contributed by atoms with Crippen LogP contribution in [0.3, 0.4) is 0 Å². The summed E-state index contributed by atoms with van der Waals surface area (Å²) in [6, 6.07) is 11.3. The monoisotopic (exact) mass is 458 g/mol. The maximum absolute atomic E-state index is 12.8. The van der Waals surface area contributed by atoms with Gasteiger partial charge in [-0.1, -0.05) is 24.6 Å². The van der Waals surface area contributed by atoms with E-state index in [9.17, 15) is 9.90 Å². The van der Waals surface area contributed by atoms with E-state index in [1.807, 2.05) is 44.2 Å². The topological polar surface area (TPSA) is 132 Å². The first-order valence-electron chi connectivity index (χ1n) is 11.4. The summed E-state index contributed by atoms with van der Waals surface area (Å²) in [4.78, 5) is 18.4. The van der Waals surface area contributed by atoms with Gasteiger partial charge in [-0.2, -0.15) is 0 Å². The average Bonchev–Trinajstić information content (AvgIpc) is 3.51. The van der Waals surface area contributed by atoms with Crippen molar-refractivity contribution in [3.05, 3.63) is 58.9 Å². The molecule has 3 aromatic rings. The van der Waals surface area contributed by atoms with Crippen LogP contribution < -0.4 is 10.3 Å². The second-order valence-electron chi connectivity index (χ2n) is 8.83. The van der Waals surface area contributed by atoms with E-state index < -0.39 is 0 Å². The van der Waals surface area contributed by atoms with E-state index in [-0.39, 0.29) is 29.3 Å². The number of carbonyl (C=O) groups is 1. The number of amides is 1. The molecule has 0 saturated heterocycles. The largest absolute Gasteiger partial charge is 0.505 e. The van der Waals surface area contributed by atoms with Crippen molar-refractivity contribution < 1.29 is 9.90 Å². The number of rotatable bonds is 5. The lowest BCUT2D eigenvalue weighted by Gasteiger charge is -2.28. The van der Waals surface area contributed by atoms with E-state index in [0.29, 0.717) is 5.69 Å². The van der Waals surface area contributed by atoms with E-state index in [1.165, 1.54) is 11.2 Å². The van der Waals surface area contributed by atoms with Crippen LogP contribution in [0.1, 0.15) is 60.0 Å². The molecule has 1 aliphatic heterocycles. The molecule has 2 heterocycles. The van der Waals surface area contributed by atoms with Gasteiger partial charge in [0.15, 0.2) is 5.82 Å². The SMILES string of the molecule is Cc1ccc(N2C=NC(=NNc3cccc(C4CCCC(c5nnn[nH]5)C4)c3O)C2=O)cc1C. The first-order chi connectivity index (χ1) is 16.5. The third-order valence-corrected chi connectivity index (χ3v) is 6.69.